The van der Waals surface area contributed by atoms with Gasteiger partial charge in [0.2, 0.25) is 10.0 Å². The van der Waals surface area contributed by atoms with Gasteiger partial charge in [-0.2, -0.15) is 0 Å². The summed E-state index contributed by atoms with van der Waals surface area (Å²) in [6.45, 7) is 3.18. The highest BCUT2D eigenvalue weighted by Gasteiger charge is 2.23. The van der Waals surface area contributed by atoms with Gasteiger partial charge in [0.05, 0.1) is 16.3 Å². The minimum Gasteiger partial charge on any atom is -0.366 e. The van der Waals surface area contributed by atoms with Crippen molar-refractivity contribution in [3.05, 3.63) is 36.0 Å². The van der Waals surface area contributed by atoms with Gasteiger partial charge in [-0.05, 0) is 19.9 Å². The summed E-state index contributed by atoms with van der Waals surface area (Å²) >= 11 is 0. The fraction of sp³-hybridized carbons (Fsp3) is 0.250. The van der Waals surface area contributed by atoms with E-state index in [1.54, 1.807) is 38.1 Å². The molecule has 2 aromatic rings. The Morgan fingerprint density at radius 2 is 1.89 bits per heavy atom. The third-order valence-corrected chi connectivity index (χ3v) is 4.86. The van der Waals surface area contributed by atoms with Crippen LogP contribution >= 0.6 is 0 Å². The molecular formula is C12H14N2O3S. The van der Waals surface area contributed by atoms with Crippen molar-refractivity contribution in [2.75, 3.05) is 0 Å². The van der Waals surface area contributed by atoms with Gasteiger partial charge in [-0.15, -0.1) is 0 Å². The molecule has 0 bridgehead atoms. The Bertz CT molecular complexity index is 714. The van der Waals surface area contributed by atoms with Gasteiger partial charge in [-0.1, -0.05) is 18.2 Å². The molecule has 0 aliphatic rings. The van der Waals surface area contributed by atoms with Gasteiger partial charge in [-0.25, -0.2) is 12.4 Å². The monoisotopic (exact) mass is 266 g/mol. The van der Waals surface area contributed by atoms with Crippen LogP contribution in [-0.4, -0.2) is 23.5 Å². The van der Waals surface area contributed by atoms with Crippen molar-refractivity contribution in [1.82, 2.24) is 3.97 Å². The second kappa shape index (κ2) is 4.13. The highest BCUT2D eigenvalue weighted by Crippen LogP contribution is 2.23. The first-order chi connectivity index (χ1) is 8.35. The third kappa shape index (κ3) is 1.78. The zero-order valence-electron chi connectivity index (χ0n) is 10.1. The van der Waals surface area contributed by atoms with Crippen LogP contribution in [0.5, 0.6) is 0 Å². The third-order valence-electron chi connectivity index (χ3n) is 2.81. The van der Waals surface area contributed by atoms with E-state index in [4.69, 9.17) is 5.73 Å². The van der Waals surface area contributed by atoms with Gasteiger partial charge in [0.15, 0.2) is 0 Å². The fourth-order valence-electron chi connectivity index (χ4n) is 1.78. The number of hydrogen-bond donors (Lipinski definition) is 1. The molecule has 0 saturated heterocycles. The number of carbonyl (C=O) groups is 1. The van der Waals surface area contributed by atoms with Gasteiger partial charge in [0.1, 0.15) is 0 Å². The average molecular weight is 266 g/mol. The molecule has 1 aromatic carbocycles. The lowest BCUT2D eigenvalue weighted by Crippen LogP contribution is -2.21. The summed E-state index contributed by atoms with van der Waals surface area (Å²) in [5.41, 5.74) is 5.96. The van der Waals surface area contributed by atoms with E-state index in [9.17, 15) is 13.2 Å². The molecule has 0 unspecified atom stereocenters. The number of benzene rings is 1. The molecule has 0 aliphatic carbocycles. The predicted octanol–water partition coefficient (Wildman–Crippen LogP) is 1.33. The number of fused-ring (bicyclic) bond motifs is 1. The molecule has 1 aromatic heterocycles. The van der Waals surface area contributed by atoms with Crippen LogP contribution in [0.1, 0.15) is 24.2 Å². The lowest BCUT2D eigenvalue weighted by atomic mass is 10.2. The lowest BCUT2D eigenvalue weighted by molar-refractivity contribution is 0.100. The van der Waals surface area contributed by atoms with E-state index >= 15 is 0 Å². The topological polar surface area (TPSA) is 82.2 Å². The average Bonchev–Trinajstić information content (AvgIpc) is 2.68. The van der Waals surface area contributed by atoms with Crippen molar-refractivity contribution in [2.24, 2.45) is 5.73 Å². The first kappa shape index (κ1) is 12.6. The molecule has 0 aliphatic heterocycles. The van der Waals surface area contributed by atoms with Gasteiger partial charge in [0, 0.05) is 11.6 Å². The number of nitrogens with two attached hydrogens (primary N) is 1. The summed E-state index contributed by atoms with van der Waals surface area (Å²) in [6, 6.07) is 6.80. The fourth-order valence-corrected chi connectivity index (χ4v) is 2.92. The predicted molar refractivity (Wildman–Crippen MR) is 69.9 cm³/mol. The minimum atomic E-state index is -3.51. The number of primary amides is 1. The van der Waals surface area contributed by atoms with Crippen molar-refractivity contribution < 1.29 is 13.2 Å². The van der Waals surface area contributed by atoms with Crippen molar-refractivity contribution in [3.8, 4) is 0 Å². The second-order valence-electron chi connectivity index (χ2n) is 4.31. The van der Waals surface area contributed by atoms with Crippen LogP contribution < -0.4 is 5.73 Å². The smallest absolute Gasteiger partial charge is 0.250 e. The molecule has 0 spiro atoms. The van der Waals surface area contributed by atoms with Crippen LogP contribution in [0.2, 0.25) is 0 Å². The largest absolute Gasteiger partial charge is 0.366 e. The van der Waals surface area contributed by atoms with E-state index < -0.39 is 21.2 Å². The molecule has 2 N–H and O–H groups in total. The van der Waals surface area contributed by atoms with Crippen LogP contribution in [0.4, 0.5) is 0 Å². The van der Waals surface area contributed by atoms with Crippen LogP contribution in [0.3, 0.4) is 0 Å². The Labute approximate surface area is 105 Å². The summed E-state index contributed by atoms with van der Waals surface area (Å²) in [4.78, 5) is 11.3. The lowest BCUT2D eigenvalue weighted by Gasteiger charge is -2.09. The Balaban J connectivity index is 2.86. The second-order valence-corrected chi connectivity index (χ2v) is 6.68. The van der Waals surface area contributed by atoms with E-state index in [1.807, 2.05) is 0 Å². The molecule has 0 fully saturated rings. The Morgan fingerprint density at radius 1 is 1.28 bits per heavy atom. The highest BCUT2D eigenvalue weighted by atomic mass is 32.2. The first-order valence-electron chi connectivity index (χ1n) is 5.50. The van der Waals surface area contributed by atoms with Gasteiger partial charge >= 0.3 is 0 Å². The van der Waals surface area contributed by atoms with E-state index in [1.165, 1.54) is 6.20 Å². The van der Waals surface area contributed by atoms with Crippen LogP contribution in [0, 0.1) is 0 Å². The van der Waals surface area contributed by atoms with Crippen molar-refractivity contribution in [2.45, 2.75) is 19.1 Å². The van der Waals surface area contributed by atoms with Gasteiger partial charge in [0.25, 0.3) is 5.91 Å². The first-order valence-corrected chi connectivity index (χ1v) is 7.00. The van der Waals surface area contributed by atoms with Crippen molar-refractivity contribution in [1.29, 1.82) is 0 Å². The number of aromatic nitrogens is 1. The van der Waals surface area contributed by atoms with E-state index in [0.29, 0.717) is 10.9 Å². The van der Waals surface area contributed by atoms with E-state index in [0.717, 1.165) is 3.97 Å². The molecule has 0 atom stereocenters. The van der Waals surface area contributed by atoms with Crippen molar-refractivity contribution in [3.63, 3.8) is 0 Å². The quantitative estimate of drug-likeness (QED) is 0.909. The van der Waals surface area contributed by atoms with Crippen LogP contribution in [-0.2, 0) is 10.0 Å². The summed E-state index contributed by atoms with van der Waals surface area (Å²) in [5, 5.41) is -0.0248. The molecule has 2 rings (SSSR count). The Hall–Kier alpha value is -1.82. The number of hydrogen-bond acceptors (Lipinski definition) is 3. The standard InChI is InChI=1S/C12H14N2O3S/c1-8(2)18(16,17)14-7-10(12(13)15)9-5-3-4-6-11(9)14/h3-8H,1-2H3,(H2,13,15). The number of nitrogens with zero attached hydrogens (tertiary/aromatic N) is 1. The zero-order valence-corrected chi connectivity index (χ0v) is 10.9. The number of para-hydroxylation sites is 1. The maximum absolute atomic E-state index is 12.2. The molecular weight excluding hydrogens is 252 g/mol. The summed E-state index contributed by atoms with van der Waals surface area (Å²) in [5.74, 6) is -0.635. The van der Waals surface area contributed by atoms with Crippen LogP contribution in [0.15, 0.2) is 30.5 Å². The van der Waals surface area contributed by atoms with Crippen LogP contribution in [0.25, 0.3) is 10.9 Å². The molecule has 0 saturated carbocycles. The number of rotatable bonds is 3. The molecule has 0 radical (unpaired) electrons. The highest BCUT2D eigenvalue weighted by molar-refractivity contribution is 7.90. The molecule has 6 heteroatoms. The van der Waals surface area contributed by atoms with Gasteiger partial charge < -0.3 is 5.73 Å². The molecule has 5 nitrogen and oxygen atoms in total. The molecule has 1 heterocycles. The maximum Gasteiger partial charge on any atom is 0.250 e. The minimum absolute atomic E-state index is 0.217. The summed E-state index contributed by atoms with van der Waals surface area (Å²) in [6.07, 6.45) is 1.29. The molecule has 96 valence electrons. The SMILES string of the molecule is CC(C)S(=O)(=O)n1cc(C(N)=O)c2ccccc21. The van der Waals surface area contributed by atoms with Crippen molar-refractivity contribution >= 4 is 26.8 Å². The van der Waals surface area contributed by atoms with E-state index in [2.05, 4.69) is 0 Å². The Morgan fingerprint density at radius 3 is 2.44 bits per heavy atom. The molecule has 1 amide bonds. The zero-order chi connectivity index (χ0) is 13.5. The maximum atomic E-state index is 12.2. The normalized spacial score (nSPS) is 12.2. The number of amides is 1. The van der Waals surface area contributed by atoms with Gasteiger partial charge in [-0.3, -0.25) is 4.79 Å². The summed E-state index contributed by atoms with van der Waals surface area (Å²) < 4.78 is 25.5. The number of carbonyl (C=O) groups excluding carboxylic acids is 1. The Kier molecular flexibility index (Phi) is 2.90. The summed E-state index contributed by atoms with van der Waals surface area (Å²) in [7, 11) is -3.51. The van der Waals surface area contributed by atoms with E-state index in [-0.39, 0.29) is 5.56 Å². The molecule has 18 heavy (non-hydrogen) atoms.